The van der Waals surface area contributed by atoms with Crippen LogP contribution in [0, 0.1) is 0 Å². The number of phenols is 1. The van der Waals surface area contributed by atoms with E-state index in [2.05, 4.69) is 0 Å². The lowest BCUT2D eigenvalue weighted by Gasteiger charge is -2.17. The van der Waals surface area contributed by atoms with Crippen molar-refractivity contribution in [3.05, 3.63) is 35.9 Å². The van der Waals surface area contributed by atoms with Crippen molar-refractivity contribution in [3.63, 3.8) is 0 Å². The molecule has 1 heterocycles. The van der Waals surface area contributed by atoms with E-state index in [1.54, 1.807) is 36.4 Å². The molecular formula is C15H19NO2. The molecule has 3 nitrogen and oxygen atoms in total. The van der Waals surface area contributed by atoms with Gasteiger partial charge in [0.15, 0.2) is 0 Å². The highest BCUT2D eigenvalue weighted by atomic mass is 16.3. The van der Waals surface area contributed by atoms with Gasteiger partial charge in [-0.1, -0.05) is 25.0 Å². The zero-order valence-electron chi connectivity index (χ0n) is 10.5. The summed E-state index contributed by atoms with van der Waals surface area (Å²) in [4.78, 5) is 13.9. The molecule has 2 rings (SSSR count). The molecule has 96 valence electrons. The van der Waals surface area contributed by atoms with Gasteiger partial charge >= 0.3 is 0 Å². The summed E-state index contributed by atoms with van der Waals surface area (Å²) in [6.45, 7) is 1.75. The van der Waals surface area contributed by atoms with Crippen LogP contribution in [-0.2, 0) is 4.79 Å². The van der Waals surface area contributed by atoms with Crippen LogP contribution in [0.3, 0.4) is 0 Å². The maximum atomic E-state index is 12.0. The third-order valence-electron chi connectivity index (χ3n) is 3.23. The van der Waals surface area contributed by atoms with E-state index in [0.29, 0.717) is 0 Å². The standard InChI is InChI=1S/C15H19NO2/c17-14-8-5-13(6-9-14)7-10-15(18)16-11-3-1-2-4-12-16/h5-10,17H,1-4,11-12H2. The van der Waals surface area contributed by atoms with Gasteiger partial charge in [0, 0.05) is 19.2 Å². The van der Waals surface area contributed by atoms with Gasteiger partial charge in [-0.15, -0.1) is 0 Å². The average molecular weight is 245 g/mol. The second-order valence-electron chi connectivity index (χ2n) is 4.66. The van der Waals surface area contributed by atoms with E-state index in [1.165, 1.54) is 12.8 Å². The smallest absolute Gasteiger partial charge is 0.246 e. The predicted octanol–water partition coefficient (Wildman–Crippen LogP) is 2.81. The molecule has 0 aliphatic carbocycles. The number of hydrogen-bond acceptors (Lipinski definition) is 2. The number of aromatic hydroxyl groups is 1. The fraction of sp³-hybridized carbons (Fsp3) is 0.400. The van der Waals surface area contributed by atoms with Crippen LogP contribution < -0.4 is 0 Å². The number of nitrogens with zero attached hydrogens (tertiary/aromatic N) is 1. The minimum atomic E-state index is 0.0879. The van der Waals surface area contributed by atoms with Crippen molar-refractivity contribution in [1.29, 1.82) is 0 Å². The van der Waals surface area contributed by atoms with Crippen LogP contribution >= 0.6 is 0 Å². The summed E-state index contributed by atoms with van der Waals surface area (Å²) >= 11 is 0. The Hall–Kier alpha value is -1.77. The SMILES string of the molecule is O=C(C=Cc1ccc(O)cc1)N1CCCCCC1. The Morgan fingerprint density at radius 2 is 1.67 bits per heavy atom. The van der Waals surface area contributed by atoms with Crippen LogP contribution in [-0.4, -0.2) is 29.0 Å². The van der Waals surface area contributed by atoms with Crippen LogP contribution in [0.4, 0.5) is 0 Å². The predicted molar refractivity (Wildman–Crippen MR) is 72.2 cm³/mol. The summed E-state index contributed by atoms with van der Waals surface area (Å²) in [5.41, 5.74) is 0.927. The van der Waals surface area contributed by atoms with Gasteiger partial charge in [-0.2, -0.15) is 0 Å². The zero-order chi connectivity index (χ0) is 12.8. The molecule has 0 aromatic heterocycles. The molecule has 0 atom stereocenters. The minimum Gasteiger partial charge on any atom is -0.508 e. The maximum Gasteiger partial charge on any atom is 0.246 e. The third-order valence-corrected chi connectivity index (χ3v) is 3.23. The summed E-state index contributed by atoms with van der Waals surface area (Å²) < 4.78 is 0. The first kappa shape index (κ1) is 12.7. The van der Waals surface area contributed by atoms with Crippen molar-refractivity contribution < 1.29 is 9.90 Å². The van der Waals surface area contributed by atoms with Crippen LogP contribution in [0.25, 0.3) is 6.08 Å². The zero-order valence-corrected chi connectivity index (χ0v) is 10.5. The summed E-state index contributed by atoms with van der Waals surface area (Å²) in [7, 11) is 0. The Kier molecular flexibility index (Phi) is 4.40. The Balaban J connectivity index is 1.95. The summed E-state index contributed by atoms with van der Waals surface area (Å²) in [6.07, 6.45) is 8.10. The Morgan fingerprint density at radius 1 is 1.06 bits per heavy atom. The first-order chi connectivity index (χ1) is 8.75. The van der Waals surface area contributed by atoms with Gasteiger partial charge in [0.05, 0.1) is 0 Å². The Morgan fingerprint density at radius 3 is 2.28 bits per heavy atom. The minimum absolute atomic E-state index is 0.0879. The molecule has 0 radical (unpaired) electrons. The van der Waals surface area contributed by atoms with Crippen molar-refractivity contribution in [2.45, 2.75) is 25.7 Å². The highest BCUT2D eigenvalue weighted by Crippen LogP contribution is 2.12. The summed E-state index contributed by atoms with van der Waals surface area (Å²) in [6, 6.07) is 6.83. The van der Waals surface area contributed by atoms with E-state index >= 15 is 0 Å². The molecule has 0 bridgehead atoms. The second kappa shape index (κ2) is 6.24. The van der Waals surface area contributed by atoms with Gasteiger partial charge in [0.2, 0.25) is 5.91 Å². The number of phenolic OH excluding ortho intramolecular Hbond substituents is 1. The van der Waals surface area contributed by atoms with Crippen molar-refractivity contribution in [2.75, 3.05) is 13.1 Å². The molecule has 3 heteroatoms. The molecule has 0 unspecified atom stereocenters. The Labute approximate surface area is 108 Å². The van der Waals surface area contributed by atoms with E-state index in [-0.39, 0.29) is 11.7 Å². The summed E-state index contributed by atoms with van der Waals surface area (Å²) in [5.74, 6) is 0.330. The first-order valence-corrected chi connectivity index (χ1v) is 6.52. The quantitative estimate of drug-likeness (QED) is 0.814. The van der Waals surface area contributed by atoms with Crippen molar-refractivity contribution in [1.82, 2.24) is 4.90 Å². The number of likely N-dealkylation sites (tertiary alicyclic amines) is 1. The fourth-order valence-electron chi connectivity index (χ4n) is 2.15. The van der Waals surface area contributed by atoms with E-state index in [9.17, 15) is 4.79 Å². The molecule has 1 fully saturated rings. The molecule has 0 spiro atoms. The number of hydrogen-bond donors (Lipinski definition) is 1. The van der Waals surface area contributed by atoms with E-state index in [4.69, 9.17) is 5.11 Å². The number of carbonyl (C=O) groups excluding carboxylic acids is 1. The van der Waals surface area contributed by atoms with E-state index in [0.717, 1.165) is 31.5 Å². The lowest BCUT2D eigenvalue weighted by atomic mass is 10.2. The molecule has 1 aromatic carbocycles. The molecule has 1 N–H and O–H groups in total. The number of amides is 1. The first-order valence-electron chi connectivity index (χ1n) is 6.52. The molecule has 0 saturated carbocycles. The lowest BCUT2D eigenvalue weighted by molar-refractivity contribution is -0.125. The third kappa shape index (κ3) is 3.62. The van der Waals surface area contributed by atoms with Crippen LogP contribution in [0.5, 0.6) is 5.75 Å². The highest BCUT2D eigenvalue weighted by Gasteiger charge is 2.12. The van der Waals surface area contributed by atoms with Crippen molar-refractivity contribution >= 4 is 12.0 Å². The molecule has 18 heavy (non-hydrogen) atoms. The van der Waals surface area contributed by atoms with Crippen molar-refractivity contribution in [2.24, 2.45) is 0 Å². The molecule has 1 aliphatic heterocycles. The van der Waals surface area contributed by atoms with Crippen molar-refractivity contribution in [3.8, 4) is 5.75 Å². The van der Waals surface area contributed by atoms with Gasteiger partial charge in [-0.25, -0.2) is 0 Å². The van der Waals surface area contributed by atoms with Gasteiger partial charge in [-0.3, -0.25) is 4.79 Å². The second-order valence-corrected chi connectivity index (χ2v) is 4.66. The monoisotopic (exact) mass is 245 g/mol. The fourth-order valence-corrected chi connectivity index (χ4v) is 2.15. The molecule has 1 amide bonds. The number of carbonyl (C=O) groups is 1. The van der Waals surface area contributed by atoms with Crippen LogP contribution in [0.15, 0.2) is 30.3 Å². The molecular weight excluding hydrogens is 226 g/mol. The Bertz CT molecular complexity index is 415. The lowest BCUT2D eigenvalue weighted by Crippen LogP contribution is -2.30. The van der Waals surface area contributed by atoms with E-state index in [1.807, 2.05) is 4.90 Å². The number of rotatable bonds is 2. The molecule has 1 aliphatic rings. The molecule has 1 aromatic rings. The topological polar surface area (TPSA) is 40.5 Å². The van der Waals surface area contributed by atoms with E-state index < -0.39 is 0 Å². The maximum absolute atomic E-state index is 12.0. The van der Waals surface area contributed by atoms with Gasteiger partial charge in [0.1, 0.15) is 5.75 Å². The largest absolute Gasteiger partial charge is 0.508 e. The van der Waals surface area contributed by atoms with Gasteiger partial charge in [0.25, 0.3) is 0 Å². The van der Waals surface area contributed by atoms with Crippen LogP contribution in [0.2, 0.25) is 0 Å². The van der Waals surface area contributed by atoms with Gasteiger partial charge < -0.3 is 10.0 Å². The molecule has 1 saturated heterocycles. The number of benzene rings is 1. The average Bonchev–Trinajstić information content (AvgIpc) is 2.66. The summed E-state index contributed by atoms with van der Waals surface area (Å²) in [5, 5.41) is 9.17. The normalized spacial score (nSPS) is 16.8. The van der Waals surface area contributed by atoms with Crippen LogP contribution in [0.1, 0.15) is 31.2 Å². The highest BCUT2D eigenvalue weighted by molar-refractivity contribution is 5.91. The van der Waals surface area contributed by atoms with Gasteiger partial charge in [-0.05, 0) is 36.6 Å².